The average molecular weight is 304 g/mol. The summed E-state index contributed by atoms with van der Waals surface area (Å²) in [5.74, 6) is 12.3. The van der Waals surface area contributed by atoms with Crippen molar-refractivity contribution < 1.29 is 22.0 Å². The van der Waals surface area contributed by atoms with Gasteiger partial charge in [-0.2, -0.15) is 0 Å². The van der Waals surface area contributed by atoms with Crippen LogP contribution < -0.4 is 17.3 Å². The Morgan fingerprint density at radius 3 is 2.38 bits per heavy atom. The first kappa shape index (κ1) is 17.6. The van der Waals surface area contributed by atoms with Gasteiger partial charge < -0.3 is 22.0 Å². The predicted octanol–water partition coefficient (Wildman–Crippen LogP) is -1.87. The zero-order valence-corrected chi connectivity index (χ0v) is 13.1. The highest BCUT2D eigenvalue weighted by molar-refractivity contribution is 5.33. The standard InChI is InChI=1S/C18H21NO.ClH/c1-3-10-18(11-4-1)12-9-17-20-16-8-7-15-19-13-5-2-6-14-19;/h1,3-4,10-11H,2,5-6,13-17H2;1H. The van der Waals surface area contributed by atoms with Crippen molar-refractivity contribution in [1.29, 1.82) is 0 Å². The number of rotatable bonds is 3. The molecule has 1 N–H and O–H groups in total. The van der Waals surface area contributed by atoms with Crippen molar-refractivity contribution in [1.82, 2.24) is 0 Å². The van der Waals surface area contributed by atoms with Crippen molar-refractivity contribution in [3.8, 4) is 23.7 Å². The van der Waals surface area contributed by atoms with E-state index in [0.717, 1.165) is 12.1 Å². The third kappa shape index (κ3) is 7.78. The van der Waals surface area contributed by atoms with Crippen LogP contribution in [0.4, 0.5) is 0 Å². The van der Waals surface area contributed by atoms with Gasteiger partial charge in [0.05, 0.1) is 13.1 Å². The van der Waals surface area contributed by atoms with Crippen LogP contribution in [-0.4, -0.2) is 32.8 Å². The Kier molecular flexibility index (Phi) is 9.42. The smallest absolute Gasteiger partial charge is 0.139 e. The number of ether oxygens (including phenoxy) is 1. The topological polar surface area (TPSA) is 13.7 Å². The lowest BCUT2D eigenvalue weighted by atomic mass is 10.1. The molecule has 3 heteroatoms. The van der Waals surface area contributed by atoms with E-state index in [1.165, 1.54) is 32.4 Å². The quantitative estimate of drug-likeness (QED) is 0.510. The van der Waals surface area contributed by atoms with Gasteiger partial charge in [-0.3, -0.25) is 0 Å². The number of benzene rings is 1. The number of nitrogens with one attached hydrogen (secondary N) is 1. The molecule has 0 aromatic heterocycles. The van der Waals surface area contributed by atoms with Gasteiger partial charge in [0.2, 0.25) is 0 Å². The highest BCUT2D eigenvalue weighted by Crippen LogP contribution is 1.94. The van der Waals surface area contributed by atoms with Crippen molar-refractivity contribution in [2.24, 2.45) is 0 Å². The summed E-state index contributed by atoms with van der Waals surface area (Å²) in [5.41, 5.74) is 1.02. The van der Waals surface area contributed by atoms with Crippen LogP contribution in [0.2, 0.25) is 0 Å². The van der Waals surface area contributed by atoms with Crippen LogP contribution in [0.3, 0.4) is 0 Å². The summed E-state index contributed by atoms with van der Waals surface area (Å²) in [4.78, 5) is 1.62. The number of halogens is 1. The van der Waals surface area contributed by atoms with Gasteiger partial charge in [-0.15, -0.1) is 0 Å². The summed E-state index contributed by atoms with van der Waals surface area (Å²) < 4.78 is 5.39. The van der Waals surface area contributed by atoms with Crippen LogP contribution in [0, 0.1) is 23.7 Å². The molecule has 1 aliphatic heterocycles. The maximum atomic E-state index is 5.39. The van der Waals surface area contributed by atoms with Crippen molar-refractivity contribution in [2.45, 2.75) is 19.3 Å². The van der Waals surface area contributed by atoms with Crippen LogP contribution >= 0.6 is 0 Å². The Bertz CT molecular complexity index is 501. The monoisotopic (exact) mass is 303 g/mol. The highest BCUT2D eigenvalue weighted by atomic mass is 35.5. The van der Waals surface area contributed by atoms with Gasteiger partial charge in [-0.1, -0.05) is 36.0 Å². The molecular formula is C18H22ClNO. The Hall–Kier alpha value is -1.45. The summed E-state index contributed by atoms with van der Waals surface area (Å²) >= 11 is 0. The molecule has 0 atom stereocenters. The fourth-order valence-corrected chi connectivity index (χ4v) is 2.28. The minimum absolute atomic E-state index is 0. The van der Waals surface area contributed by atoms with Gasteiger partial charge in [-0.05, 0) is 37.3 Å². The molecule has 0 unspecified atom stereocenters. The van der Waals surface area contributed by atoms with Gasteiger partial charge in [-0.25, -0.2) is 0 Å². The molecule has 0 radical (unpaired) electrons. The van der Waals surface area contributed by atoms with Crippen molar-refractivity contribution in [3.05, 3.63) is 35.9 Å². The number of quaternary nitrogens is 1. The zero-order valence-electron chi connectivity index (χ0n) is 12.3. The molecule has 0 aliphatic carbocycles. The molecule has 1 aliphatic rings. The summed E-state index contributed by atoms with van der Waals surface area (Å²) in [6.45, 7) is 4.44. The number of likely N-dealkylation sites (tertiary alicyclic amines) is 1. The molecule has 1 aromatic rings. The van der Waals surface area contributed by atoms with E-state index in [1.807, 2.05) is 30.3 Å². The summed E-state index contributed by atoms with van der Waals surface area (Å²) in [7, 11) is 0. The van der Waals surface area contributed by atoms with Crippen LogP contribution in [-0.2, 0) is 4.74 Å². The van der Waals surface area contributed by atoms with Gasteiger partial charge >= 0.3 is 0 Å². The third-order valence-corrected chi connectivity index (χ3v) is 3.38. The van der Waals surface area contributed by atoms with Crippen LogP contribution in [0.25, 0.3) is 0 Å². The van der Waals surface area contributed by atoms with E-state index in [9.17, 15) is 0 Å². The van der Waals surface area contributed by atoms with Crippen molar-refractivity contribution in [2.75, 3.05) is 32.8 Å². The minimum atomic E-state index is 0. The fraction of sp³-hybridized carbons (Fsp3) is 0.444. The van der Waals surface area contributed by atoms with E-state index in [1.54, 1.807) is 4.90 Å². The van der Waals surface area contributed by atoms with Gasteiger partial charge in [0.25, 0.3) is 0 Å². The van der Waals surface area contributed by atoms with Gasteiger partial charge in [0, 0.05) is 5.56 Å². The second kappa shape index (κ2) is 11.2. The molecule has 21 heavy (non-hydrogen) atoms. The van der Waals surface area contributed by atoms with Crippen LogP contribution in [0.1, 0.15) is 24.8 Å². The molecule has 0 saturated carbocycles. The van der Waals surface area contributed by atoms with Crippen molar-refractivity contribution in [3.63, 3.8) is 0 Å². The van der Waals surface area contributed by atoms with E-state index < -0.39 is 0 Å². The molecule has 1 saturated heterocycles. The fourth-order valence-electron chi connectivity index (χ4n) is 2.28. The number of hydrogen-bond acceptors (Lipinski definition) is 1. The summed E-state index contributed by atoms with van der Waals surface area (Å²) in [6.07, 6.45) is 4.09. The Morgan fingerprint density at radius 2 is 1.62 bits per heavy atom. The average Bonchev–Trinajstić information content (AvgIpc) is 2.52. The normalized spacial score (nSPS) is 14.1. The molecule has 2 rings (SSSR count). The Morgan fingerprint density at radius 1 is 0.905 bits per heavy atom. The lowest BCUT2D eigenvalue weighted by Crippen LogP contribution is -3.12. The van der Waals surface area contributed by atoms with Crippen molar-refractivity contribution >= 4 is 0 Å². The molecule has 0 spiro atoms. The summed E-state index contributed by atoms with van der Waals surface area (Å²) in [5, 5.41) is 0. The molecular weight excluding hydrogens is 282 g/mol. The van der Waals surface area contributed by atoms with E-state index in [2.05, 4.69) is 23.7 Å². The molecule has 0 amide bonds. The van der Waals surface area contributed by atoms with E-state index >= 15 is 0 Å². The van der Waals surface area contributed by atoms with E-state index in [-0.39, 0.29) is 12.4 Å². The van der Waals surface area contributed by atoms with E-state index in [0.29, 0.717) is 13.2 Å². The number of piperidine rings is 1. The minimum Gasteiger partial charge on any atom is -1.00 e. The first-order valence-corrected chi connectivity index (χ1v) is 7.36. The van der Waals surface area contributed by atoms with Crippen LogP contribution in [0.15, 0.2) is 30.3 Å². The molecule has 1 aromatic carbocycles. The molecule has 112 valence electrons. The Labute approximate surface area is 134 Å². The second-order valence-corrected chi connectivity index (χ2v) is 5.00. The zero-order chi connectivity index (χ0) is 13.9. The van der Waals surface area contributed by atoms with Crippen LogP contribution in [0.5, 0.6) is 0 Å². The molecule has 1 fully saturated rings. The lowest BCUT2D eigenvalue weighted by molar-refractivity contribution is -0.897. The first-order valence-electron chi connectivity index (χ1n) is 7.36. The Balaban J connectivity index is 0.00000220. The first-order chi connectivity index (χ1) is 9.95. The maximum absolute atomic E-state index is 5.39. The lowest BCUT2D eigenvalue weighted by Gasteiger charge is -2.20. The predicted molar refractivity (Wildman–Crippen MR) is 81.3 cm³/mol. The second-order valence-electron chi connectivity index (χ2n) is 5.00. The maximum Gasteiger partial charge on any atom is 0.139 e. The largest absolute Gasteiger partial charge is 1.00 e. The number of hydrogen-bond donors (Lipinski definition) is 1. The molecule has 1 heterocycles. The highest BCUT2D eigenvalue weighted by Gasteiger charge is 2.10. The summed E-state index contributed by atoms with van der Waals surface area (Å²) in [6, 6.07) is 9.95. The molecule has 0 bridgehead atoms. The van der Waals surface area contributed by atoms with E-state index in [4.69, 9.17) is 4.74 Å². The van der Waals surface area contributed by atoms with Gasteiger partial charge in [0.15, 0.2) is 0 Å². The third-order valence-electron chi connectivity index (χ3n) is 3.38. The molecule has 2 nitrogen and oxygen atoms in total. The SMILES string of the molecule is C(#CC[NH+]1CCCCC1)COCC#Cc1ccccc1.[Cl-]. The van der Waals surface area contributed by atoms with Gasteiger partial charge in [0.1, 0.15) is 19.8 Å².